The SMILES string of the molecule is CCOc1ccc([C@H]2CCCC[C@H]2NC(=O)c2ccc(C(=O)OC)cc2)cc1OCC. The molecule has 31 heavy (non-hydrogen) atoms. The van der Waals surface area contributed by atoms with E-state index in [1.54, 1.807) is 24.3 Å². The molecule has 166 valence electrons. The fraction of sp³-hybridized carbons (Fsp3) is 0.440. The number of hydrogen-bond donors (Lipinski definition) is 1. The van der Waals surface area contributed by atoms with E-state index in [4.69, 9.17) is 14.2 Å². The number of nitrogens with one attached hydrogen (secondary N) is 1. The van der Waals surface area contributed by atoms with E-state index in [2.05, 4.69) is 17.4 Å². The molecule has 0 aromatic heterocycles. The molecule has 1 amide bonds. The quantitative estimate of drug-likeness (QED) is 0.619. The Morgan fingerprint density at radius 2 is 1.55 bits per heavy atom. The van der Waals surface area contributed by atoms with Gasteiger partial charge in [-0.15, -0.1) is 0 Å². The van der Waals surface area contributed by atoms with Crippen molar-refractivity contribution in [3.63, 3.8) is 0 Å². The molecule has 0 radical (unpaired) electrons. The molecule has 1 aliphatic rings. The molecule has 2 aromatic carbocycles. The average molecular weight is 426 g/mol. The first-order valence-corrected chi connectivity index (χ1v) is 11.0. The van der Waals surface area contributed by atoms with Crippen molar-refractivity contribution in [2.45, 2.75) is 51.5 Å². The van der Waals surface area contributed by atoms with E-state index >= 15 is 0 Å². The number of ether oxygens (including phenoxy) is 3. The predicted octanol–water partition coefficient (Wildman–Crippen LogP) is 4.73. The van der Waals surface area contributed by atoms with Crippen molar-refractivity contribution in [3.8, 4) is 11.5 Å². The molecule has 6 heteroatoms. The first-order chi connectivity index (χ1) is 15.1. The highest BCUT2D eigenvalue weighted by Gasteiger charge is 2.29. The van der Waals surface area contributed by atoms with Gasteiger partial charge < -0.3 is 19.5 Å². The Morgan fingerprint density at radius 1 is 0.903 bits per heavy atom. The minimum absolute atomic E-state index is 0.0361. The third-order valence-corrected chi connectivity index (χ3v) is 5.65. The van der Waals surface area contributed by atoms with E-state index in [1.807, 2.05) is 19.9 Å². The molecule has 0 aliphatic heterocycles. The molecule has 0 heterocycles. The molecule has 0 saturated heterocycles. The van der Waals surface area contributed by atoms with Crippen LogP contribution in [0.15, 0.2) is 42.5 Å². The van der Waals surface area contributed by atoms with Gasteiger partial charge in [-0.05, 0) is 68.7 Å². The van der Waals surface area contributed by atoms with Crippen LogP contribution in [0.2, 0.25) is 0 Å². The van der Waals surface area contributed by atoms with Gasteiger partial charge in [0.25, 0.3) is 5.91 Å². The summed E-state index contributed by atoms with van der Waals surface area (Å²) in [5.74, 6) is 1.15. The zero-order valence-electron chi connectivity index (χ0n) is 18.5. The zero-order valence-corrected chi connectivity index (χ0v) is 18.5. The van der Waals surface area contributed by atoms with E-state index in [9.17, 15) is 9.59 Å². The van der Waals surface area contributed by atoms with Crippen LogP contribution in [-0.2, 0) is 4.74 Å². The highest BCUT2D eigenvalue weighted by molar-refractivity contribution is 5.96. The fourth-order valence-electron chi connectivity index (χ4n) is 4.13. The molecule has 0 unspecified atom stereocenters. The lowest BCUT2D eigenvalue weighted by atomic mass is 9.79. The van der Waals surface area contributed by atoms with Crippen LogP contribution in [0.5, 0.6) is 11.5 Å². The minimum atomic E-state index is -0.417. The van der Waals surface area contributed by atoms with Gasteiger partial charge in [-0.3, -0.25) is 4.79 Å². The third-order valence-electron chi connectivity index (χ3n) is 5.65. The van der Waals surface area contributed by atoms with Gasteiger partial charge in [-0.1, -0.05) is 18.9 Å². The molecule has 6 nitrogen and oxygen atoms in total. The number of carbonyl (C=O) groups excluding carboxylic acids is 2. The predicted molar refractivity (Wildman–Crippen MR) is 119 cm³/mol. The Morgan fingerprint density at radius 3 is 2.23 bits per heavy atom. The Bertz CT molecular complexity index is 893. The highest BCUT2D eigenvalue weighted by atomic mass is 16.5. The zero-order chi connectivity index (χ0) is 22.2. The van der Waals surface area contributed by atoms with Crippen LogP contribution in [-0.4, -0.2) is 38.2 Å². The molecule has 1 fully saturated rings. The monoisotopic (exact) mass is 425 g/mol. The minimum Gasteiger partial charge on any atom is -0.490 e. The van der Waals surface area contributed by atoms with Crippen molar-refractivity contribution in [2.24, 2.45) is 0 Å². The number of rotatable bonds is 8. The largest absolute Gasteiger partial charge is 0.490 e. The Balaban J connectivity index is 1.77. The topological polar surface area (TPSA) is 73.9 Å². The molecule has 0 bridgehead atoms. The molecule has 1 aliphatic carbocycles. The van der Waals surface area contributed by atoms with Crippen molar-refractivity contribution in [2.75, 3.05) is 20.3 Å². The summed E-state index contributed by atoms with van der Waals surface area (Å²) in [6.07, 6.45) is 4.14. The molecule has 2 atom stereocenters. The van der Waals surface area contributed by atoms with Gasteiger partial charge in [0, 0.05) is 17.5 Å². The van der Waals surface area contributed by atoms with Crippen LogP contribution in [0.1, 0.15) is 71.7 Å². The molecule has 0 spiro atoms. The Hall–Kier alpha value is -3.02. The van der Waals surface area contributed by atoms with Gasteiger partial charge in [0.05, 0.1) is 25.9 Å². The van der Waals surface area contributed by atoms with Crippen molar-refractivity contribution < 1.29 is 23.8 Å². The maximum atomic E-state index is 12.9. The van der Waals surface area contributed by atoms with Gasteiger partial charge in [-0.2, -0.15) is 0 Å². The number of esters is 1. The molecule has 1 N–H and O–H groups in total. The fourth-order valence-corrected chi connectivity index (χ4v) is 4.13. The summed E-state index contributed by atoms with van der Waals surface area (Å²) in [6.45, 7) is 5.05. The molecular formula is C25H31NO5. The van der Waals surface area contributed by atoms with Gasteiger partial charge in [0.15, 0.2) is 11.5 Å². The van der Waals surface area contributed by atoms with Crippen molar-refractivity contribution in [1.82, 2.24) is 5.32 Å². The van der Waals surface area contributed by atoms with Crippen molar-refractivity contribution in [1.29, 1.82) is 0 Å². The van der Waals surface area contributed by atoms with Crippen LogP contribution in [0.25, 0.3) is 0 Å². The van der Waals surface area contributed by atoms with E-state index in [0.29, 0.717) is 24.3 Å². The second kappa shape index (κ2) is 10.8. The molecular weight excluding hydrogens is 394 g/mol. The average Bonchev–Trinajstić information content (AvgIpc) is 2.80. The summed E-state index contributed by atoms with van der Waals surface area (Å²) >= 11 is 0. The summed E-state index contributed by atoms with van der Waals surface area (Å²) in [6, 6.07) is 12.7. The van der Waals surface area contributed by atoms with Gasteiger partial charge in [-0.25, -0.2) is 4.79 Å². The molecule has 2 aromatic rings. The van der Waals surface area contributed by atoms with Gasteiger partial charge in [0.1, 0.15) is 0 Å². The summed E-state index contributed by atoms with van der Waals surface area (Å²) in [5, 5.41) is 3.21. The molecule has 1 saturated carbocycles. The maximum absolute atomic E-state index is 12.9. The van der Waals surface area contributed by atoms with E-state index in [-0.39, 0.29) is 17.9 Å². The second-order valence-electron chi connectivity index (χ2n) is 7.61. The number of carbonyl (C=O) groups is 2. The lowest BCUT2D eigenvalue weighted by Crippen LogP contribution is -2.41. The normalized spacial score (nSPS) is 18.2. The summed E-state index contributed by atoms with van der Waals surface area (Å²) in [4.78, 5) is 24.5. The van der Waals surface area contributed by atoms with Crippen LogP contribution in [0.3, 0.4) is 0 Å². The Kier molecular flexibility index (Phi) is 7.93. The summed E-state index contributed by atoms with van der Waals surface area (Å²) in [5.41, 5.74) is 2.10. The molecule has 3 rings (SSSR count). The second-order valence-corrected chi connectivity index (χ2v) is 7.61. The first-order valence-electron chi connectivity index (χ1n) is 11.0. The summed E-state index contributed by atoms with van der Waals surface area (Å²) < 4.78 is 16.2. The lowest BCUT2D eigenvalue weighted by molar-refractivity contribution is 0.0600. The standard InChI is InChI=1S/C25H31NO5/c1-4-30-22-15-14-19(16-23(22)31-5-2)20-8-6-7-9-21(20)26-24(27)17-10-12-18(13-11-17)25(28)29-3/h10-16,20-21H,4-9H2,1-3H3,(H,26,27)/t20-,21-/m1/s1. The number of amides is 1. The van der Waals surface area contributed by atoms with Crippen LogP contribution >= 0.6 is 0 Å². The highest BCUT2D eigenvalue weighted by Crippen LogP contribution is 2.38. The lowest BCUT2D eigenvalue weighted by Gasteiger charge is -2.33. The van der Waals surface area contributed by atoms with Gasteiger partial charge >= 0.3 is 5.97 Å². The Labute approximate surface area is 183 Å². The smallest absolute Gasteiger partial charge is 0.337 e. The summed E-state index contributed by atoms with van der Waals surface area (Å²) in [7, 11) is 1.34. The van der Waals surface area contributed by atoms with E-state index in [0.717, 1.165) is 42.7 Å². The van der Waals surface area contributed by atoms with Crippen molar-refractivity contribution in [3.05, 3.63) is 59.2 Å². The van der Waals surface area contributed by atoms with Crippen LogP contribution in [0.4, 0.5) is 0 Å². The van der Waals surface area contributed by atoms with E-state index in [1.165, 1.54) is 7.11 Å². The number of hydrogen-bond acceptors (Lipinski definition) is 5. The van der Waals surface area contributed by atoms with Gasteiger partial charge in [0.2, 0.25) is 0 Å². The van der Waals surface area contributed by atoms with Crippen LogP contribution in [0, 0.1) is 0 Å². The first kappa shape index (κ1) is 22.7. The van der Waals surface area contributed by atoms with Crippen molar-refractivity contribution >= 4 is 11.9 Å². The number of benzene rings is 2. The van der Waals surface area contributed by atoms with E-state index < -0.39 is 5.97 Å². The maximum Gasteiger partial charge on any atom is 0.337 e. The van der Waals surface area contributed by atoms with Crippen LogP contribution < -0.4 is 14.8 Å². The number of methoxy groups -OCH3 is 1. The third kappa shape index (κ3) is 5.57.